The summed E-state index contributed by atoms with van der Waals surface area (Å²) < 4.78 is 7.51. The zero-order valence-corrected chi connectivity index (χ0v) is 15.8. The Hall–Kier alpha value is -2.57. The van der Waals surface area contributed by atoms with Crippen LogP contribution in [0.25, 0.3) is 5.69 Å². The SMILES string of the molecule is CCOC(=O)Cc1c(C(=O)c2ccccc2)sc([S-])c1-[n+]1ccccc1. The van der Waals surface area contributed by atoms with Crippen LogP contribution in [-0.2, 0) is 28.6 Å². The third kappa shape index (κ3) is 3.81. The van der Waals surface area contributed by atoms with Gasteiger partial charge in [-0.25, -0.2) is 0 Å². The Bertz CT molecular complexity index is 921. The van der Waals surface area contributed by atoms with E-state index in [1.165, 1.54) is 11.3 Å². The van der Waals surface area contributed by atoms with Crippen LogP contribution >= 0.6 is 11.3 Å². The zero-order valence-electron chi connectivity index (χ0n) is 14.2. The number of benzene rings is 1. The molecule has 0 radical (unpaired) electrons. The Morgan fingerprint density at radius 1 is 1.08 bits per heavy atom. The summed E-state index contributed by atoms with van der Waals surface area (Å²) in [5, 5.41) is 0. The number of pyridine rings is 1. The molecule has 0 aliphatic carbocycles. The molecule has 0 bridgehead atoms. The lowest BCUT2D eigenvalue weighted by Crippen LogP contribution is -2.31. The summed E-state index contributed by atoms with van der Waals surface area (Å²) in [6.45, 7) is 2.05. The third-order valence-electron chi connectivity index (χ3n) is 3.79. The maximum Gasteiger partial charge on any atom is 0.310 e. The van der Waals surface area contributed by atoms with E-state index in [-0.39, 0.29) is 18.2 Å². The highest BCUT2D eigenvalue weighted by Gasteiger charge is 2.24. The fraction of sp³-hybridized carbons (Fsp3) is 0.150. The van der Waals surface area contributed by atoms with Gasteiger partial charge in [0.25, 0.3) is 0 Å². The van der Waals surface area contributed by atoms with Crippen LogP contribution in [-0.4, -0.2) is 18.4 Å². The minimum atomic E-state index is -0.375. The molecule has 26 heavy (non-hydrogen) atoms. The number of carbonyl (C=O) groups is 2. The molecule has 4 nitrogen and oxygen atoms in total. The molecule has 0 N–H and O–H groups in total. The van der Waals surface area contributed by atoms with E-state index < -0.39 is 0 Å². The molecule has 0 saturated heterocycles. The highest BCUT2D eigenvalue weighted by molar-refractivity contribution is 7.63. The average molecular weight is 383 g/mol. The molecular weight excluding hydrogens is 366 g/mol. The minimum Gasteiger partial charge on any atom is -0.466 e. The number of nitrogens with zero attached hydrogens (tertiary/aromatic N) is 1. The number of aromatic nitrogens is 1. The fourth-order valence-corrected chi connectivity index (χ4v) is 4.16. The van der Waals surface area contributed by atoms with Crippen molar-refractivity contribution in [3.05, 3.63) is 76.9 Å². The molecule has 0 aliphatic rings. The van der Waals surface area contributed by atoms with E-state index in [2.05, 4.69) is 0 Å². The highest BCUT2D eigenvalue weighted by Crippen LogP contribution is 2.31. The molecule has 132 valence electrons. The lowest BCUT2D eigenvalue weighted by atomic mass is 10.0. The van der Waals surface area contributed by atoms with Crippen LogP contribution in [0.3, 0.4) is 0 Å². The number of hydrogen-bond donors (Lipinski definition) is 0. The van der Waals surface area contributed by atoms with Gasteiger partial charge in [-0.05, 0) is 16.0 Å². The predicted octanol–water partition coefficient (Wildman–Crippen LogP) is 3.27. The molecule has 3 rings (SSSR count). The van der Waals surface area contributed by atoms with Gasteiger partial charge in [-0.1, -0.05) is 36.4 Å². The monoisotopic (exact) mass is 383 g/mol. The van der Waals surface area contributed by atoms with Gasteiger partial charge in [-0.15, -0.1) is 0 Å². The van der Waals surface area contributed by atoms with Gasteiger partial charge in [0.15, 0.2) is 18.2 Å². The summed E-state index contributed by atoms with van der Waals surface area (Å²) in [7, 11) is 0. The van der Waals surface area contributed by atoms with E-state index in [4.69, 9.17) is 17.4 Å². The van der Waals surface area contributed by atoms with Crippen LogP contribution in [0.5, 0.6) is 0 Å². The first-order valence-corrected chi connectivity index (χ1v) is 9.39. The Morgan fingerprint density at radius 2 is 1.73 bits per heavy atom. The lowest BCUT2D eigenvalue weighted by Gasteiger charge is -2.07. The van der Waals surface area contributed by atoms with Crippen molar-refractivity contribution in [2.75, 3.05) is 6.61 Å². The van der Waals surface area contributed by atoms with Gasteiger partial charge in [-0.3, -0.25) is 9.59 Å². The van der Waals surface area contributed by atoms with Gasteiger partial charge in [0, 0.05) is 23.3 Å². The van der Waals surface area contributed by atoms with Gasteiger partial charge in [0.05, 0.1) is 13.0 Å². The molecule has 2 aromatic heterocycles. The second-order valence-corrected chi connectivity index (χ2v) is 7.19. The standard InChI is InChI=1S/C20H17NO3S2/c1-2-24-16(22)13-15-17(21-11-7-4-8-12-21)20(25)26-19(15)18(23)14-9-5-3-6-10-14/h3-12H,2,13H2,1H3. The van der Waals surface area contributed by atoms with Crippen molar-refractivity contribution in [1.29, 1.82) is 0 Å². The summed E-state index contributed by atoms with van der Waals surface area (Å²) in [4.78, 5) is 25.6. The van der Waals surface area contributed by atoms with Crippen molar-refractivity contribution in [3.63, 3.8) is 0 Å². The molecule has 6 heteroatoms. The van der Waals surface area contributed by atoms with Gasteiger partial charge in [0.2, 0.25) is 5.69 Å². The second-order valence-electron chi connectivity index (χ2n) is 5.51. The van der Waals surface area contributed by atoms with Gasteiger partial charge < -0.3 is 28.7 Å². The molecule has 0 spiro atoms. The molecule has 0 aliphatic heterocycles. The number of hydrogen-bond acceptors (Lipinski definition) is 5. The van der Waals surface area contributed by atoms with Gasteiger partial charge >= 0.3 is 5.97 Å². The summed E-state index contributed by atoms with van der Waals surface area (Å²) in [5.74, 6) is -0.510. The smallest absolute Gasteiger partial charge is 0.310 e. The van der Waals surface area contributed by atoms with E-state index in [1.807, 2.05) is 53.4 Å². The molecular formula is C20H17NO3S2. The number of thiophene rings is 1. The van der Waals surface area contributed by atoms with Crippen LogP contribution in [0.4, 0.5) is 0 Å². The first-order valence-electron chi connectivity index (χ1n) is 8.16. The topological polar surface area (TPSA) is 47.3 Å². The van der Waals surface area contributed by atoms with E-state index in [0.717, 1.165) is 0 Å². The van der Waals surface area contributed by atoms with Gasteiger partial charge in [-0.2, -0.15) is 4.57 Å². The first kappa shape index (κ1) is 18.2. The lowest BCUT2D eigenvalue weighted by molar-refractivity contribution is -0.598. The highest BCUT2D eigenvalue weighted by atomic mass is 32.2. The number of esters is 1. The molecule has 0 saturated carbocycles. The summed E-state index contributed by atoms with van der Waals surface area (Å²) >= 11 is 6.76. The molecule has 0 amide bonds. The normalized spacial score (nSPS) is 10.5. The molecule has 0 fully saturated rings. The molecule has 2 heterocycles. The van der Waals surface area contributed by atoms with Crippen molar-refractivity contribution in [1.82, 2.24) is 0 Å². The summed E-state index contributed by atoms with van der Waals surface area (Å²) in [6.07, 6.45) is 3.71. The molecule has 0 unspecified atom stereocenters. The fourth-order valence-electron chi connectivity index (χ4n) is 2.67. The maximum atomic E-state index is 13.0. The Labute approximate surface area is 161 Å². The van der Waals surface area contributed by atoms with Crippen LogP contribution in [0.15, 0.2) is 65.1 Å². The van der Waals surface area contributed by atoms with Crippen molar-refractivity contribution in [3.8, 4) is 5.69 Å². The molecule has 1 aromatic carbocycles. The number of ether oxygens (including phenoxy) is 1. The molecule has 0 atom stereocenters. The first-order chi connectivity index (χ1) is 12.6. The maximum absolute atomic E-state index is 13.0. The van der Waals surface area contributed by atoms with Gasteiger partial charge in [0.1, 0.15) is 0 Å². The van der Waals surface area contributed by atoms with Crippen LogP contribution in [0.1, 0.15) is 27.7 Å². The van der Waals surface area contributed by atoms with Crippen molar-refractivity contribution in [2.24, 2.45) is 0 Å². The predicted molar refractivity (Wildman–Crippen MR) is 102 cm³/mol. The summed E-state index contributed by atoms with van der Waals surface area (Å²) in [6, 6.07) is 14.6. The average Bonchev–Trinajstić information content (AvgIpc) is 2.98. The third-order valence-corrected chi connectivity index (χ3v) is 5.25. The minimum absolute atomic E-state index is 0.00607. The van der Waals surface area contributed by atoms with Crippen molar-refractivity contribution < 1.29 is 18.9 Å². The van der Waals surface area contributed by atoms with Crippen LogP contribution in [0, 0.1) is 0 Å². The molecule has 3 aromatic rings. The quantitative estimate of drug-likeness (QED) is 0.284. The van der Waals surface area contributed by atoms with Crippen LogP contribution < -0.4 is 4.57 Å². The van der Waals surface area contributed by atoms with Crippen molar-refractivity contribution >= 4 is 35.7 Å². The largest absolute Gasteiger partial charge is 0.466 e. The van der Waals surface area contributed by atoms with Crippen LogP contribution in [0.2, 0.25) is 0 Å². The van der Waals surface area contributed by atoms with E-state index in [9.17, 15) is 9.59 Å². The summed E-state index contributed by atoms with van der Waals surface area (Å²) in [5.41, 5.74) is 1.87. The van der Waals surface area contributed by atoms with E-state index in [0.29, 0.717) is 32.5 Å². The zero-order chi connectivity index (χ0) is 18.5. The van der Waals surface area contributed by atoms with E-state index in [1.54, 1.807) is 19.1 Å². The van der Waals surface area contributed by atoms with E-state index >= 15 is 0 Å². The Balaban J connectivity index is 2.12. The number of ketones is 1. The van der Waals surface area contributed by atoms with Crippen molar-refractivity contribution in [2.45, 2.75) is 17.6 Å². The number of carbonyl (C=O) groups excluding carboxylic acids is 2. The Kier molecular flexibility index (Phi) is 5.75. The number of rotatable bonds is 6. The Morgan fingerprint density at radius 3 is 2.38 bits per heavy atom. The second kappa shape index (κ2) is 8.21.